The van der Waals surface area contributed by atoms with Crippen molar-refractivity contribution >= 4 is 18.2 Å². The van der Waals surface area contributed by atoms with Crippen molar-refractivity contribution in [3.63, 3.8) is 0 Å². The van der Waals surface area contributed by atoms with Crippen LogP contribution >= 0.6 is 0 Å². The minimum absolute atomic E-state index is 0.0778. The molecule has 186 valence electrons. The van der Waals surface area contributed by atoms with Crippen molar-refractivity contribution in [3.05, 3.63) is 59.7 Å². The Bertz CT molecular complexity index is 1340. The van der Waals surface area contributed by atoms with Gasteiger partial charge in [-0.25, -0.2) is 23.6 Å². The van der Waals surface area contributed by atoms with Gasteiger partial charge in [-0.15, -0.1) is 0 Å². The molecule has 0 spiro atoms. The quantitative estimate of drug-likeness (QED) is 0.550. The van der Waals surface area contributed by atoms with Gasteiger partial charge in [0, 0.05) is 24.9 Å². The Morgan fingerprint density at radius 2 is 1.89 bits per heavy atom. The van der Waals surface area contributed by atoms with Crippen LogP contribution in [0.15, 0.2) is 41.8 Å². The van der Waals surface area contributed by atoms with Crippen LogP contribution in [0.5, 0.6) is 5.88 Å². The molecule has 2 aromatic heterocycles. The van der Waals surface area contributed by atoms with Crippen LogP contribution in [-0.4, -0.2) is 67.0 Å². The van der Waals surface area contributed by atoms with Gasteiger partial charge in [0.1, 0.15) is 30.0 Å². The summed E-state index contributed by atoms with van der Waals surface area (Å²) in [7, 11) is 0. The second-order valence-corrected chi connectivity index (χ2v) is 8.21. The summed E-state index contributed by atoms with van der Waals surface area (Å²) in [5.74, 6) is -3.16. The Kier molecular flexibility index (Phi) is 6.00. The third kappa shape index (κ3) is 4.56. The zero-order valence-electron chi connectivity index (χ0n) is 18.6. The number of likely N-dealkylation sites (tertiary alicyclic amines) is 1. The number of urea groups is 1. The van der Waals surface area contributed by atoms with E-state index in [1.807, 2.05) is 0 Å². The summed E-state index contributed by atoms with van der Waals surface area (Å²) < 4.78 is 48.5. The number of benzene rings is 1. The number of hydrazone groups is 1. The smallest absolute Gasteiger partial charge is 0.341 e. The molecule has 2 aliphatic heterocycles. The molecule has 11 nitrogen and oxygen atoms in total. The van der Waals surface area contributed by atoms with E-state index < -0.39 is 41.5 Å². The molecule has 3 aromatic rings. The fourth-order valence-electron chi connectivity index (χ4n) is 3.97. The Balaban J connectivity index is 1.24. The minimum atomic E-state index is -0.804. The van der Waals surface area contributed by atoms with E-state index in [-0.39, 0.29) is 36.9 Å². The van der Waals surface area contributed by atoms with Crippen molar-refractivity contribution in [2.24, 2.45) is 10.8 Å². The number of hydrogen-bond acceptors (Lipinski definition) is 7. The van der Waals surface area contributed by atoms with E-state index in [0.717, 1.165) is 29.4 Å². The fraction of sp³-hybridized carbons (Fsp3) is 0.273. The summed E-state index contributed by atoms with van der Waals surface area (Å²) in [5, 5.41) is 9.19. The molecule has 5 rings (SSSR count). The van der Waals surface area contributed by atoms with Gasteiger partial charge in [0.25, 0.3) is 5.88 Å². The number of rotatable bonds is 6. The first-order valence-corrected chi connectivity index (χ1v) is 10.8. The summed E-state index contributed by atoms with van der Waals surface area (Å²) in [6.45, 7) is 0.0299. The minimum Gasteiger partial charge on any atom is -0.468 e. The molecule has 2 aliphatic rings. The Morgan fingerprint density at radius 3 is 2.61 bits per heavy atom. The number of halogens is 3. The number of carbonyl (C=O) groups excluding carboxylic acids is 2. The molecule has 2 N–H and O–H groups in total. The highest BCUT2D eigenvalue weighted by Gasteiger charge is 2.39. The zero-order chi connectivity index (χ0) is 25.4. The SMILES string of the molecule is NC(=O)Cn1nccc1-c1ncc(F)c(OC2CN(C(=O)N3N=CCC3c3cc(F)cc(F)c3)C2)n1. The first kappa shape index (κ1) is 23.3. The number of ether oxygens (including phenoxy) is 1. The molecular weight excluding hydrogens is 481 g/mol. The largest absolute Gasteiger partial charge is 0.468 e. The second-order valence-electron chi connectivity index (χ2n) is 8.21. The molecular formula is C22H19F3N8O3. The van der Waals surface area contributed by atoms with Gasteiger partial charge >= 0.3 is 6.03 Å². The zero-order valence-corrected chi connectivity index (χ0v) is 18.6. The summed E-state index contributed by atoms with van der Waals surface area (Å²) >= 11 is 0. The molecule has 0 bridgehead atoms. The van der Waals surface area contributed by atoms with Crippen LogP contribution in [0.3, 0.4) is 0 Å². The predicted octanol–water partition coefficient (Wildman–Crippen LogP) is 1.86. The molecule has 0 saturated carbocycles. The normalized spacial score (nSPS) is 17.4. The van der Waals surface area contributed by atoms with E-state index in [0.29, 0.717) is 12.1 Å². The summed E-state index contributed by atoms with van der Waals surface area (Å²) in [4.78, 5) is 33.6. The lowest BCUT2D eigenvalue weighted by molar-refractivity contribution is -0.118. The van der Waals surface area contributed by atoms with Crippen LogP contribution in [0.4, 0.5) is 18.0 Å². The number of aromatic nitrogens is 4. The molecule has 3 amide bonds. The lowest BCUT2D eigenvalue weighted by Crippen LogP contribution is -2.59. The summed E-state index contributed by atoms with van der Waals surface area (Å²) in [6.07, 6.45) is 3.61. The molecule has 36 heavy (non-hydrogen) atoms. The molecule has 1 unspecified atom stereocenters. The van der Waals surface area contributed by atoms with E-state index in [4.69, 9.17) is 10.5 Å². The standard InChI is InChI=1S/C22H19F3N8O3/c23-13-5-12(6-14(24)7-13)17-1-4-29-33(17)22(35)31-9-15(10-31)36-21-16(25)8-27-20(30-21)18-2-3-28-32(18)11-19(26)34/h2-8,15,17H,1,9-11H2,(H2,26,34). The van der Waals surface area contributed by atoms with Gasteiger partial charge in [-0.2, -0.15) is 19.6 Å². The van der Waals surface area contributed by atoms with Crippen LogP contribution < -0.4 is 10.5 Å². The average Bonchev–Trinajstić information content (AvgIpc) is 3.45. The van der Waals surface area contributed by atoms with Gasteiger partial charge in [0.2, 0.25) is 11.7 Å². The molecule has 4 heterocycles. The van der Waals surface area contributed by atoms with Crippen molar-refractivity contribution in [2.75, 3.05) is 13.1 Å². The number of nitrogens with two attached hydrogens (primary N) is 1. The molecule has 1 atom stereocenters. The van der Waals surface area contributed by atoms with Gasteiger partial charge < -0.3 is 15.4 Å². The number of amides is 3. The summed E-state index contributed by atoms with van der Waals surface area (Å²) in [6, 6.07) is 3.51. The van der Waals surface area contributed by atoms with Crippen molar-refractivity contribution in [1.29, 1.82) is 0 Å². The lowest BCUT2D eigenvalue weighted by Gasteiger charge is -2.40. The van der Waals surface area contributed by atoms with Crippen LogP contribution in [0.25, 0.3) is 11.5 Å². The maximum Gasteiger partial charge on any atom is 0.341 e. The maximum atomic E-state index is 14.3. The highest BCUT2D eigenvalue weighted by Crippen LogP contribution is 2.32. The van der Waals surface area contributed by atoms with Crippen LogP contribution in [0.2, 0.25) is 0 Å². The Labute approximate surface area is 202 Å². The molecule has 1 aromatic carbocycles. The van der Waals surface area contributed by atoms with Crippen LogP contribution in [-0.2, 0) is 11.3 Å². The monoisotopic (exact) mass is 500 g/mol. The average molecular weight is 500 g/mol. The molecule has 1 saturated heterocycles. The van der Waals surface area contributed by atoms with Crippen molar-refractivity contribution in [2.45, 2.75) is 25.1 Å². The van der Waals surface area contributed by atoms with E-state index in [2.05, 4.69) is 20.2 Å². The molecule has 0 radical (unpaired) electrons. The van der Waals surface area contributed by atoms with Crippen LogP contribution in [0.1, 0.15) is 18.0 Å². The number of nitrogens with zero attached hydrogens (tertiary/aromatic N) is 7. The summed E-state index contributed by atoms with van der Waals surface area (Å²) in [5.41, 5.74) is 5.84. The molecule has 1 fully saturated rings. The van der Waals surface area contributed by atoms with Crippen LogP contribution in [0, 0.1) is 17.5 Å². The van der Waals surface area contributed by atoms with E-state index in [1.54, 1.807) is 6.07 Å². The topological polar surface area (TPSA) is 132 Å². The fourth-order valence-corrected chi connectivity index (χ4v) is 3.97. The maximum absolute atomic E-state index is 14.3. The van der Waals surface area contributed by atoms with Gasteiger partial charge in [0.05, 0.1) is 25.3 Å². The Hall–Kier alpha value is -4.49. The van der Waals surface area contributed by atoms with Crippen molar-refractivity contribution in [3.8, 4) is 17.4 Å². The molecule has 14 heteroatoms. The van der Waals surface area contributed by atoms with Gasteiger partial charge in [-0.05, 0) is 23.8 Å². The van der Waals surface area contributed by atoms with E-state index >= 15 is 0 Å². The van der Waals surface area contributed by atoms with E-state index in [1.165, 1.54) is 22.0 Å². The number of hydrogen-bond donors (Lipinski definition) is 1. The highest BCUT2D eigenvalue weighted by molar-refractivity contribution is 5.79. The van der Waals surface area contributed by atoms with Gasteiger partial charge in [0.15, 0.2) is 5.82 Å². The predicted molar refractivity (Wildman–Crippen MR) is 118 cm³/mol. The lowest BCUT2D eigenvalue weighted by atomic mass is 10.0. The number of primary amides is 1. The van der Waals surface area contributed by atoms with E-state index in [9.17, 15) is 22.8 Å². The third-order valence-electron chi connectivity index (χ3n) is 5.66. The Morgan fingerprint density at radius 1 is 1.14 bits per heavy atom. The molecule has 0 aliphatic carbocycles. The van der Waals surface area contributed by atoms with Crippen molar-refractivity contribution < 1.29 is 27.5 Å². The second kappa shape index (κ2) is 9.28. The van der Waals surface area contributed by atoms with Gasteiger partial charge in [-0.1, -0.05) is 0 Å². The van der Waals surface area contributed by atoms with Gasteiger partial charge in [-0.3, -0.25) is 9.48 Å². The van der Waals surface area contributed by atoms with Crippen molar-refractivity contribution in [1.82, 2.24) is 29.7 Å². The first-order chi connectivity index (χ1) is 17.3. The third-order valence-corrected chi connectivity index (χ3v) is 5.66. The number of carbonyl (C=O) groups is 2. The highest BCUT2D eigenvalue weighted by atomic mass is 19.1. The first-order valence-electron chi connectivity index (χ1n) is 10.8.